The molecule has 88 heavy (non-hydrogen) atoms. The van der Waals surface area contributed by atoms with Crippen molar-refractivity contribution < 1.29 is 0 Å². The predicted octanol–water partition coefficient (Wildman–Crippen LogP) is 21.0. The number of hydrogen-bond donors (Lipinski definition) is 0. The van der Waals surface area contributed by atoms with Crippen molar-refractivity contribution in [1.29, 1.82) is 0 Å². The summed E-state index contributed by atoms with van der Waals surface area (Å²) in [7, 11) is 0. The first-order valence-corrected chi connectivity index (χ1v) is 29.5. The quantitative estimate of drug-likeness (QED) is 0.127. The van der Waals surface area contributed by atoms with Crippen molar-refractivity contribution >= 4 is 43.1 Å². The molecule has 0 N–H and O–H groups in total. The Morgan fingerprint density at radius 2 is 0.432 bits per heavy atom. The first-order chi connectivity index (χ1) is 43.7. The van der Waals surface area contributed by atoms with Crippen LogP contribution >= 0.6 is 0 Å². The van der Waals surface area contributed by atoms with Gasteiger partial charge in [-0.2, -0.15) is 0 Å². The van der Waals surface area contributed by atoms with Crippen LogP contribution in [0.1, 0.15) is 0 Å². The normalized spacial score (nSPS) is 11.2. The van der Waals surface area contributed by atoms with Gasteiger partial charge < -0.3 is 0 Å². The summed E-state index contributed by atoms with van der Waals surface area (Å²) in [6.07, 6.45) is 15.0. The van der Waals surface area contributed by atoms with Crippen molar-refractivity contribution in [3.05, 3.63) is 329 Å². The number of pyridine rings is 6. The van der Waals surface area contributed by atoms with Gasteiger partial charge in [-0.25, -0.2) is 0 Å². The maximum Gasteiger partial charge on any atom is 0.0717 e. The molecule has 0 aliphatic heterocycles. The fourth-order valence-corrected chi connectivity index (χ4v) is 12.4. The van der Waals surface area contributed by atoms with Gasteiger partial charge in [0.15, 0.2) is 0 Å². The molecule has 0 saturated heterocycles. The lowest BCUT2D eigenvalue weighted by Crippen LogP contribution is -1.94. The van der Waals surface area contributed by atoms with Crippen LogP contribution in [0.15, 0.2) is 329 Å². The first kappa shape index (κ1) is 52.9. The zero-order valence-electron chi connectivity index (χ0n) is 47.9. The fraction of sp³-hybridized carbons (Fsp3) is 0. The van der Waals surface area contributed by atoms with Crippen molar-refractivity contribution in [1.82, 2.24) is 29.9 Å². The van der Waals surface area contributed by atoms with E-state index in [2.05, 4.69) is 243 Å². The molecule has 0 amide bonds. The number of aromatic nitrogens is 6. The van der Waals surface area contributed by atoms with Gasteiger partial charge >= 0.3 is 0 Å². The second-order valence-electron chi connectivity index (χ2n) is 21.8. The summed E-state index contributed by atoms with van der Waals surface area (Å²) >= 11 is 0. The Hall–Kier alpha value is -11.9. The third kappa shape index (κ3) is 10.3. The molecule has 0 unspecified atom stereocenters. The molecule has 0 saturated carbocycles. The van der Waals surface area contributed by atoms with Crippen LogP contribution in [0.2, 0.25) is 0 Å². The minimum Gasteiger partial charge on any atom is -0.263 e. The van der Waals surface area contributed by atoms with Gasteiger partial charge in [0.25, 0.3) is 0 Å². The molecule has 16 aromatic rings. The lowest BCUT2D eigenvalue weighted by Gasteiger charge is -2.19. The van der Waals surface area contributed by atoms with E-state index >= 15 is 0 Å². The summed E-state index contributed by atoms with van der Waals surface area (Å²) in [5.74, 6) is 0. The molecule has 0 atom stereocenters. The number of hydrogen-bond acceptors (Lipinski definition) is 6. The topological polar surface area (TPSA) is 77.3 Å². The van der Waals surface area contributed by atoms with Gasteiger partial charge in [-0.05, 0) is 172 Å². The highest BCUT2D eigenvalue weighted by atomic mass is 14.7. The maximum absolute atomic E-state index is 4.70. The van der Waals surface area contributed by atoms with E-state index in [1.165, 1.54) is 60.5 Å². The Bertz CT molecular complexity index is 5140. The highest BCUT2D eigenvalue weighted by Crippen LogP contribution is 2.48. The standard InChI is InChI=1S/C42H28N2.C40H26N4/c1-2-10-29(11-3-1)34-24-25-37-38(28-34)42(33-22-18-31(19-23-33)40-15-7-9-27-44-40)36-13-5-4-12-35(36)41(37)32-20-16-30(17-21-32)39-14-6-8-26-43-39;1-2-10-27(11-3-1)28-16-17-35-36(22-28)40(32-21-30(24-42-26-32)38-15-7-9-19-44-38)34-13-5-4-12-33(34)39(35)31-20-29(23-41-25-31)37-14-6-8-18-43-37/h1-28H;1-26H. The molecule has 0 aliphatic rings. The van der Waals surface area contributed by atoms with E-state index in [-0.39, 0.29) is 0 Å². The van der Waals surface area contributed by atoms with Crippen LogP contribution in [0.5, 0.6) is 0 Å². The molecule has 10 aromatic carbocycles. The average Bonchev–Trinajstić information content (AvgIpc) is 1.31. The summed E-state index contributed by atoms with van der Waals surface area (Å²) < 4.78 is 0. The Balaban J connectivity index is 0.000000148. The molecule has 6 heteroatoms. The van der Waals surface area contributed by atoms with Gasteiger partial charge in [-0.15, -0.1) is 0 Å². The second-order valence-corrected chi connectivity index (χ2v) is 21.8. The van der Waals surface area contributed by atoms with Gasteiger partial charge in [0.05, 0.1) is 22.8 Å². The van der Waals surface area contributed by atoms with Gasteiger partial charge in [-0.3, -0.25) is 29.9 Å². The van der Waals surface area contributed by atoms with E-state index in [1.54, 1.807) is 0 Å². The van der Waals surface area contributed by atoms with Crippen LogP contribution in [-0.2, 0) is 0 Å². The van der Waals surface area contributed by atoms with E-state index < -0.39 is 0 Å². The Morgan fingerprint density at radius 3 is 0.795 bits per heavy atom. The van der Waals surface area contributed by atoms with Gasteiger partial charge in [0.1, 0.15) is 0 Å². The van der Waals surface area contributed by atoms with Crippen molar-refractivity contribution in [2.24, 2.45) is 0 Å². The van der Waals surface area contributed by atoms with Crippen LogP contribution in [0.25, 0.3) is 155 Å². The second kappa shape index (κ2) is 23.7. The smallest absolute Gasteiger partial charge is 0.0717 e. The van der Waals surface area contributed by atoms with Crippen molar-refractivity contribution in [3.63, 3.8) is 0 Å². The molecule has 6 aromatic heterocycles. The monoisotopic (exact) mass is 1120 g/mol. The lowest BCUT2D eigenvalue weighted by atomic mass is 9.84. The molecular weight excluding hydrogens is 1070 g/mol. The molecular formula is C82H54N6. The maximum atomic E-state index is 4.70. The number of benzene rings is 10. The highest BCUT2D eigenvalue weighted by molar-refractivity contribution is 6.23. The van der Waals surface area contributed by atoms with E-state index in [9.17, 15) is 0 Å². The van der Waals surface area contributed by atoms with Crippen LogP contribution in [0, 0.1) is 0 Å². The minimum absolute atomic E-state index is 0.898. The largest absolute Gasteiger partial charge is 0.263 e. The van der Waals surface area contributed by atoms with Gasteiger partial charge in [-0.1, -0.05) is 206 Å². The third-order valence-corrected chi connectivity index (χ3v) is 16.5. The molecule has 0 spiro atoms. The van der Waals surface area contributed by atoms with E-state index in [4.69, 9.17) is 4.98 Å². The van der Waals surface area contributed by atoms with Crippen LogP contribution in [0.4, 0.5) is 0 Å². The van der Waals surface area contributed by atoms with E-state index in [1.807, 2.05) is 110 Å². The SMILES string of the molecule is c1ccc(-c2ccc3c(-c4ccc(-c5ccccn5)cc4)c4ccccc4c(-c4ccc(-c5ccccn5)cc4)c3c2)cc1.c1ccc(-c2ccc3c(-c4cncc(-c5ccccn5)c4)c4ccccc4c(-c4cncc(-c5ccccn5)c4)c3c2)cc1. The Morgan fingerprint density at radius 1 is 0.159 bits per heavy atom. The van der Waals surface area contributed by atoms with E-state index in [0.717, 1.165) is 94.4 Å². The number of rotatable bonds is 10. The van der Waals surface area contributed by atoms with Gasteiger partial charge in [0.2, 0.25) is 0 Å². The fourth-order valence-electron chi connectivity index (χ4n) is 12.4. The summed E-state index contributed by atoms with van der Waals surface area (Å²) in [6.45, 7) is 0. The minimum atomic E-state index is 0.898. The summed E-state index contributed by atoms with van der Waals surface area (Å²) in [6, 6.07) is 98.4. The number of nitrogens with zero attached hydrogens (tertiary/aromatic N) is 6. The molecule has 412 valence electrons. The van der Waals surface area contributed by atoms with Crippen molar-refractivity contribution in [3.8, 4) is 112 Å². The molecule has 6 nitrogen and oxygen atoms in total. The Labute approximate surface area is 510 Å². The lowest BCUT2D eigenvalue weighted by molar-refractivity contribution is 1.28. The summed E-state index contributed by atoms with van der Waals surface area (Å²) in [5, 5.41) is 9.57. The summed E-state index contributed by atoms with van der Waals surface area (Å²) in [4.78, 5) is 27.7. The first-order valence-electron chi connectivity index (χ1n) is 29.5. The Kier molecular flexibility index (Phi) is 14.2. The zero-order chi connectivity index (χ0) is 58.6. The number of fused-ring (bicyclic) bond motifs is 4. The average molecular weight is 1120 g/mol. The van der Waals surface area contributed by atoms with Gasteiger partial charge in [0, 0.05) is 83.0 Å². The molecule has 0 bridgehead atoms. The van der Waals surface area contributed by atoms with E-state index in [0.29, 0.717) is 0 Å². The molecule has 0 radical (unpaired) electrons. The molecule has 0 aliphatic carbocycles. The molecule has 0 fully saturated rings. The summed E-state index contributed by atoms with van der Waals surface area (Å²) in [5.41, 5.74) is 22.0. The highest BCUT2D eigenvalue weighted by Gasteiger charge is 2.21. The molecule has 6 heterocycles. The van der Waals surface area contributed by atoms with Crippen molar-refractivity contribution in [2.75, 3.05) is 0 Å². The molecule has 16 rings (SSSR count). The van der Waals surface area contributed by atoms with Crippen LogP contribution in [0.3, 0.4) is 0 Å². The predicted molar refractivity (Wildman–Crippen MR) is 364 cm³/mol. The third-order valence-electron chi connectivity index (χ3n) is 16.5. The van der Waals surface area contributed by atoms with Crippen molar-refractivity contribution in [2.45, 2.75) is 0 Å². The zero-order valence-corrected chi connectivity index (χ0v) is 47.9. The van der Waals surface area contributed by atoms with Crippen LogP contribution in [-0.4, -0.2) is 29.9 Å². The van der Waals surface area contributed by atoms with Crippen LogP contribution < -0.4 is 0 Å².